The minimum Gasteiger partial charge on any atom is -0.480 e. The number of ether oxygens (including phenoxy) is 1. The van der Waals surface area contributed by atoms with Crippen LogP contribution in [0.15, 0.2) is 0 Å². The number of nitrogens with two attached hydrogens (primary N) is 1. The number of hydrogen-bond acceptors (Lipinski definition) is 3. The van der Waals surface area contributed by atoms with Gasteiger partial charge in [-0.05, 0) is 18.8 Å². The predicted octanol–water partition coefficient (Wildman–Crippen LogP) is 1.24. The second kappa shape index (κ2) is 7.76. The SMILES string of the molecule is C1CCOC1.CC[C@H](C)[C@H](N)C(=O)O. The summed E-state index contributed by atoms with van der Waals surface area (Å²) >= 11 is 0. The second-order valence-electron chi connectivity index (χ2n) is 3.57. The van der Waals surface area contributed by atoms with Crippen LogP contribution in [0.5, 0.6) is 0 Å². The summed E-state index contributed by atoms with van der Waals surface area (Å²) in [6, 6.07) is -0.699. The number of carboxylic acid groups (broad SMARTS) is 1. The molecular formula is C10H21NO3. The maximum atomic E-state index is 10.2. The fraction of sp³-hybridized carbons (Fsp3) is 0.900. The highest BCUT2D eigenvalue weighted by Crippen LogP contribution is 2.04. The first-order valence-electron chi connectivity index (χ1n) is 5.15. The van der Waals surface area contributed by atoms with Crippen molar-refractivity contribution >= 4 is 5.97 Å². The van der Waals surface area contributed by atoms with E-state index < -0.39 is 12.0 Å². The number of hydrogen-bond donors (Lipinski definition) is 2. The monoisotopic (exact) mass is 203 g/mol. The molecule has 0 aromatic carbocycles. The van der Waals surface area contributed by atoms with Crippen LogP contribution in [0.3, 0.4) is 0 Å². The van der Waals surface area contributed by atoms with Gasteiger partial charge in [-0.3, -0.25) is 4.79 Å². The van der Waals surface area contributed by atoms with E-state index in [4.69, 9.17) is 15.6 Å². The van der Waals surface area contributed by atoms with Crippen LogP contribution in [0.1, 0.15) is 33.1 Å². The van der Waals surface area contributed by atoms with E-state index in [1.165, 1.54) is 12.8 Å². The van der Waals surface area contributed by atoms with Gasteiger partial charge in [0.15, 0.2) is 0 Å². The number of carboxylic acids is 1. The van der Waals surface area contributed by atoms with Crippen molar-refractivity contribution in [3.63, 3.8) is 0 Å². The van der Waals surface area contributed by atoms with Crippen LogP contribution in [-0.2, 0) is 9.53 Å². The first-order valence-corrected chi connectivity index (χ1v) is 5.15. The molecule has 0 spiro atoms. The molecule has 3 N–H and O–H groups in total. The van der Waals surface area contributed by atoms with Crippen LogP contribution < -0.4 is 5.73 Å². The zero-order valence-corrected chi connectivity index (χ0v) is 9.03. The average molecular weight is 203 g/mol. The normalized spacial score (nSPS) is 19.4. The van der Waals surface area contributed by atoms with Crippen molar-refractivity contribution in [2.75, 3.05) is 13.2 Å². The smallest absolute Gasteiger partial charge is 0.320 e. The molecule has 1 rings (SSSR count). The third-order valence-corrected chi connectivity index (χ3v) is 2.37. The minimum absolute atomic E-state index is 0.0718. The van der Waals surface area contributed by atoms with E-state index in [1.54, 1.807) is 0 Å². The summed E-state index contributed by atoms with van der Waals surface area (Å²) in [4.78, 5) is 10.2. The van der Waals surface area contributed by atoms with E-state index in [0.29, 0.717) is 0 Å². The van der Waals surface area contributed by atoms with E-state index in [9.17, 15) is 4.79 Å². The molecule has 0 bridgehead atoms. The molecule has 1 aliphatic heterocycles. The average Bonchev–Trinajstić information content (AvgIpc) is 2.73. The lowest BCUT2D eigenvalue weighted by atomic mass is 10.0. The zero-order chi connectivity index (χ0) is 11.0. The summed E-state index contributed by atoms with van der Waals surface area (Å²) in [5, 5.41) is 8.36. The highest BCUT2D eigenvalue weighted by Gasteiger charge is 2.17. The molecule has 0 aromatic heterocycles. The minimum atomic E-state index is -0.913. The van der Waals surface area contributed by atoms with Crippen LogP contribution in [0.2, 0.25) is 0 Å². The Kier molecular flexibility index (Phi) is 7.42. The maximum absolute atomic E-state index is 10.2. The fourth-order valence-corrected chi connectivity index (χ4v) is 1.01. The van der Waals surface area contributed by atoms with Gasteiger partial charge in [0, 0.05) is 13.2 Å². The summed E-state index contributed by atoms with van der Waals surface area (Å²) < 4.78 is 4.94. The van der Waals surface area contributed by atoms with Crippen LogP contribution in [0.25, 0.3) is 0 Å². The van der Waals surface area contributed by atoms with Crippen molar-refractivity contribution < 1.29 is 14.6 Å². The van der Waals surface area contributed by atoms with Gasteiger partial charge in [0.1, 0.15) is 6.04 Å². The van der Waals surface area contributed by atoms with Gasteiger partial charge in [-0.2, -0.15) is 0 Å². The maximum Gasteiger partial charge on any atom is 0.320 e. The highest BCUT2D eigenvalue weighted by atomic mass is 16.5. The predicted molar refractivity (Wildman–Crippen MR) is 55.1 cm³/mol. The Hall–Kier alpha value is -0.610. The highest BCUT2D eigenvalue weighted by molar-refractivity contribution is 5.73. The van der Waals surface area contributed by atoms with Crippen molar-refractivity contribution in [2.24, 2.45) is 11.7 Å². The lowest BCUT2D eigenvalue weighted by Gasteiger charge is -2.11. The van der Waals surface area contributed by atoms with Crippen LogP contribution in [-0.4, -0.2) is 30.3 Å². The Morgan fingerprint density at radius 1 is 1.50 bits per heavy atom. The Balaban J connectivity index is 0.000000280. The molecule has 2 atom stereocenters. The molecule has 0 unspecified atom stereocenters. The summed E-state index contributed by atoms with van der Waals surface area (Å²) in [5.74, 6) is -0.841. The lowest BCUT2D eigenvalue weighted by molar-refractivity contribution is -0.139. The number of aliphatic carboxylic acids is 1. The summed E-state index contributed by atoms with van der Waals surface area (Å²) in [5.41, 5.74) is 5.27. The van der Waals surface area contributed by atoms with E-state index >= 15 is 0 Å². The molecule has 0 saturated carbocycles. The largest absolute Gasteiger partial charge is 0.480 e. The zero-order valence-electron chi connectivity index (χ0n) is 9.03. The van der Waals surface area contributed by atoms with Gasteiger partial charge in [-0.1, -0.05) is 20.3 Å². The molecule has 0 aromatic rings. The quantitative estimate of drug-likeness (QED) is 0.724. The third kappa shape index (κ3) is 5.94. The van der Waals surface area contributed by atoms with E-state index in [0.717, 1.165) is 19.6 Å². The van der Waals surface area contributed by atoms with Crippen LogP contribution in [0.4, 0.5) is 0 Å². The van der Waals surface area contributed by atoms with Crippen LogP contribution >= 0.6 is 0 Å². The molecule has 14 heavy (non-hydrogen) atoms. The molecule has 4 heteroatoms. The summed E-state index contributed by atoms with van der Waals surface area (Å²) in [6.07, 6.45) is 3.37. The Morgan fingerprint density at radius 2 is 2.00 bits per heavy atom. The summed E-state index contributed by atoms with van der Waals surface area (Å²) in [7, 11) is 0. The Labute approximate surface area is 85.4 Å². The standard InChI is InChI=1S/C6H13NO2.C4H8O/c1-3-4(2)5(7)6(8)9;1-2-4-5-3-1/h4-5H,3,7H2,1-2H3,(H,8,9);1-4H2/t4-,5-;/m0./s1. The van der Waals surface area contributed by atoms with Crippen molar-refractivity contribution in [1.82, 2.24) is 0 Å². The van der Waals surface area contributed by atoms with Gasteiger partial charge >= 0.3 is 5.97 Å². The van der Waals surface area contributed by atoms with E-state index in [1.807, 2.05) is 13.8 Å². The van der Waals surface area contributed by atoms with Gasteiger partial charge in [0.25, 0.3) is 0 Å². The molecule has 0 aliphatic carbocycles. The first-order chi connectivity index (χ1) is 6.59. The van der Waals surface area contributed by atoms with Gasteiger partial charge in [-0.25, -0.2) is 0 Å². The van der Waals surface area contributed by atoms with Gasteiger partial charge in [0.05, 0.1) is 0 Å². The topological polar surface area (TPSA) is 72.5 Å². The molecule has 1 fully saturated rings. The van der Waals surface area contributed by atoms with Crippen molar-refractivity contribution in [2.45, 2.75) is 39.2 Å². The Bertz CT molecular complexity index is 150. The van der Waals surface area contributed by atoms with E-state index in [2.05, 4.69) is 0 Å². The van der Waals surface area contributed by atoms with Gasteiger partial charge < -0.3 is 15.6 Å². The molecule has 0 radical (unpaired) electrons. The molecule has 84 valence electrons. The molecule has 0 amide bonds. The van der Waals surface area contributed by atoms with Crippen molar-refractivity contribution in [3.8, 4) is 0 Å². The first kappa shape index (κ1) is 13.4. The molecule has 1 saturated heterocycles. The fourth-order valence-electron chi connectivity index (χ4n) is 1.01. The van der Waals surface area contributed by atoms with Crippen molar-refractivity contribution in [3.05, 3.63) is 0 Å². The number of rotatable bonds is 3. The second-order valence-corrected chi connectivity index (χ2v) is 3.57. The third-order valence-electron chi connectivity index (χ3n) is 2.37. The van der Waals surface area contributed by atoms with Crippen LogP contribution in [0, 0.1) is 5.92 Å². The summed E-state index contributed by atoms with van der Waals surface area (Å²) in [6.45, 7) is 5.76. The van der Waals surface area contributed by atoms with Crippen molar-refractivity contribution in [1.29, 1.82) is 0 Å². The molecule has 4 nitrogen and oxygen atoms in total. The molecule has 1 heterocycles. The molecular weight excluding hydrogens is 182 g/mol. The molecule has 1 aliphatic rings. The number of carbonyl (C=O) groups is 1. The van der Waals surface area contributed by atoms with E-state index in [-0.39, 0.29) is 5.92 Å². The lowest BCUT2D eigenvalue weighted by Crippen LogP contribution is -2.36. The Morgan fingerprint density at radius 3 is 2.14 bits per heavy atom. The van der Waals surface area contributed by atoms with Gasteiger partial charge in [-0.15, -0.1) is 0 Å². The van der Waals surface area contributed by atoms with Gasteiger partial charge in [0.2, 0.25) is 0 Å².